The first kappa shape index (κ1) is 12.8. The zero-order valence-corrected chi connectivity index (χ0v) is 11.1. The molecular formula is C12H20BrNO. The summed E-state index contributed by atoms with van der Waals surface area (Å²) in [4.78, 5) is 0. The van der Waals surface area contributed by atoms with Crippen molar-refractivity contribution >= 4 is 15.9 Å². The van der Waals surface area contributed by atoms with E-state index in [4.69, 9.17) is 10.2 Å². The summed E-state index contributed by atoms with van der Waals surface area (Å²) in [7, 11) is 0. The van der Waals surface area contributed by atoms with Crippen molar-refractivity contribution in [2.24, 2.45) is 11.7 Å². The maximum atomic E-state index is 6.21. The van der Waals surface area contributed by atoms with Crippen molar-refractivity contribution in [3.05, 3.63) is 22.6 Å². The largest absolute Gasteiger partial charge is 0.453 e. The molecule has 0 bridgehead atoms. The second-order valence-electron chi connectivity index (χ2n) is 4.01. The quantitative estimate of drug-likeness (QED) is 0.841. The highest BCUT2D eigenvalue weighted by Gasteiger charge is 2.20. The Labute approximate surface area is 100 Å². The number of hydrogen-bond donors (Lipinski definition) is 1. The van der Waals surface area contributed by atoms with Gasteiger partial charge in [-0.1, -0.05) is 26.7 Å². The van der Waals surface area contributed by atoms with Gasteiger partial charge >= 0.3 is 0 Å². The summed E-state index contributed by atoms with van der Waals surface area (Å²) in [5, 5.41) is 0. The van der Waals surface area contributed by atoms with Crippen LogP contribution < -0.4 is 5.73 Å². The summed E-state index contributed by atoms with van der Waals surface area (Å²) < 4.78 is 6.27. The van der Waals surface area contributed by atoms with Gasteiger partial charge in [0.2, 0.25) is 0 Å². The molecule has 1 rings (SSSR count). The van der Waals surface area contributed by atoms with Gasteiger partial charge in [-0.15, -0.1) is 0 Å². The van der Waals surface area contributed by atoms with E-state index < -0.39 is 0 Å². The van der Waals surface area contributed by atoms with E-state index in [0.717, 1.165) is 10.4 Å². The predicted octanol–water partition coefficient (Wildman–Crippen LogP) is 4.26. The summed E-state index contributed by atoms with van der Waals surface area (Å²) >= 11 is 3.31. The molecule has 1 unspecified atom stereocenters. The lowest BCUT2D eigenvalue weighted by molar-refractivity contribution is 0.320. The van der Waals surface area contributed by atoms with Crippen LogP contribution in [0, 0.1) is 5.92 Å². The molecule has 86 valence electrons. The molecule has 2 N–H and O–H groups in total. The molecule has 0 radical (unpaired) electrons. The second-order valence-corrected chi connectivity index (χ2v) is 4.79. The standard InChI is InChI=1S/C12H20BrNO/c1-3-5-9(6-4-2)12(14)10-7-8-11(13)15-10/h7-9,12H,3-6,14H2,1-2H3. The third-order valence-electron chi connectivity index (χ3n) is 2.75. The minimum absolute atomic E-state index is 0.0381. The van der Waals surface area contributed by atoms with Crippen LogP contribution >= 0.6 is 15.9 Å². The van der Waals surface area contributed by atoms with Crippen LogP contribution in [0.3, 0.4) is 0 Å². The van der Waals surface area contributed by atoms with Crippen LogP contribution in [0.25, 0.3) is 0 Å². The molecule has 0 saturated heterocycles. The maximum absolute atomic E-state index is 6.21. The smallest absolute Gasteiger partial charge is 0.169 e. The molecule has 0 aromatic carbocycles. The number of nitrogens with two attached hydrogens (primary N) is 1. The van der Waals surface area contributed by atoms with Crippen LogP contribution in [-0.2, 0) is 0 Å². The molecule has 3 heteroatoms. The normalized spacial score (nSPS) is 13.4. The molecule has 1 heterocycles. The minimum Gasteiger partial charge on any atom is -0.453 e. The van der Waals surface area contributed by atoms with Crippen molar-refractivity contribution in [2.45, 2.75) is 45.6 Å². The maximum Gasteiger partial charge on any atom is 0.169 e. The molecule has 1 atom stereocenters. The van der Waals surface area contributed by atoms with Crippen molar-refractivity contribution in [2.75, 3.05) is 0 Å². The summed E-state index contributed by atoms with van der Waals surface area (Å²) in [5.74, 6) is 1.44. The highest BCUT2D eigenvalue weighted by Crippen LogP contribution is 2.29. The molecule has 0 aliphatic carbocycles. The molecule has 0 aliphatic rings. The van der Waals surface area contributed by atoms with Gasteiger partial charge < -0.3 is 10.2 Å². The molecule has 0 spiro atoms. The lowest BCUT2D eigenvalue weighted by Crippen LogP contribution is -2.20. The SMILES string of the molecule is CCCC(CCC)C(N)c1ccc(Br)o1. The van der Waals surface area contributed by atoms with E-state index in [9.17, 15) is 0 Å². The van der Waals surface area contributed by atoms with Crippen molar-refractivity contribution < 1.29 is 4.42 Å². The van der Waals surface area contributed by atoms with Gasteiger partial charge in [-0.2, -0.15) is 0 Å². The Morgan fingerprint density at radius 2 is 1.87 bits per heavy atom. The van der Waals surface area contributed by atoms with Crippen molar-refractivity contribution in [3.8, 4) is 0 Å². The number of furan rings is 1. The number of hydrogen-bond acceptors (Lipinski definition) is 2. The lowest BCUT2D eigenvalue weighted by atomic mass is 9.90. The summed E-state index contributed by atoms with van der Waals surface area (Å²) in [6.07, 6.45) is 4.71. The van der Waals surface area contributed by atoms with Crippen LogP contribution in [0.1, 0.15) is 51.3 Å². The lowest BCUT2D eigenvalue weighted by Gasteiger charge is -2.21. The molecule has 2 nitrogen and oxygen atoms in total. The molecular weight excluding hydrogens is 254 g/mol. The molecule has 0 amide bonds. The number of rotatable bonds is 6. The van der Waals surface area contributed by atoms with E-state index in [1.165, 1.54) is 25.7 Å². The molecule has 1 aromatic heterocycles. The van der Waals surface area contributed by atoms with Crippen molar-refractivity contribution in [1.29, 1.82) is 0 Å². The Bertz CT molecular complexity index is 279. The van der Waals surface area contributed by atoms with E-state index >= 15 is 0 Å². The van der Waals surface area contributed by atoms with Crippen molar-refractivity contribution in [1.82, 2.24) is 0 Å². The van der Waals surface area contributed by atoms with E-state index in [1.807, 2.05) is 12.1 Å². The first-order valence-electron chi connectivity index (χ1n) is 5.69. The fraction of sp³-hybridized carbons (Fsp3) is 0.667. The Balaban J connectivity index is 2.66. The van der Waals surface area contributed by atoms with Gasteiger partial charge in [-0.3, -0.25) is 0 Å². The summed E-state index contributed by atoms with van der Waals surface area (Å²) in [6, 6.07) is 3.91. The van der Waals surface area contributed by atoms with E-state index in [0.29, 0.717) is 5.92 Å². The Hall–Kier alpha value is -0.280. The third-order valence-corrected chi connectivity index (χ3v) is 3.18. The minimum atomic E-state index is 0.0381. The average Bonchev–Trinajstić information content (AvgIpc) is 2.63. The molecule has 0 aliphatic heterocycles. The number of halogens is 1. The fourth-order valence-electron chi connectivity index (χ4n) is 1.98. The highest BCUT2D eigenvalue weighted by atomic mass is 79.9. The Morgan fingerprint density at radius 3 is 2.27 bits per heavy atom. The summed E-state index contributed by atoms with van der Waals surface area (Å²) in [6.45, 7) is 4.40. The van der Waals surface area contributed by atoms with Gasteiger partial charge in [0.15, 0.2) is 4.67 Å². The fourth-order valence-corrected chi connectivity index (χ4v) is 2.30. The van der Waals surface area contributed by atoms with Crippen LogP contribution in [0.15, 0.2) is 21.2 Å². The van der Waals surface area contributed by atoms with Gasteiger partial charge in [0, 0.05) is 0 Å². The average molecular weight is 274 g/mol. The van der Waals surface area contributed by atoms with E-state index in [-0.39, 0.29) is 6.04 Å². The monoisotopic (exact) mass is 273 g/mol. The first-order valence-corrected chi connectivity index (χ1v) is 6.49. The van der Waals surface area contributed by atoms with Gasteiger partial charge in [-0.25, -0.2) is 0 Å². The zero-order valence-electron chi connectivity index (χ0n) is 9.50. The highest BCUT2D eigenvalue weighted by molar-refractivity contribution is 9.10. The van der Waals surface area contributed by atoms with Crippen LogP contribution in [0.2, 0.25) is 0 Å². The summed E-state index contributed by atoms with van der Waals surface area (Å²) in [5.41, 5.74) is 6.21. The van der Waals surface area contributed by atoms with Crippen LogP contribution in [0.4, 0.5) is 0 Å². The first-order chi connectivity index (χ1) is 7.19. The van der Waals surface area contributed by atoms with Gasteiger partial charge in [0.25, 0.3) is 0 Å². The van der Waals surface area contributed by atoms with Gasteiger partial charge in [-0.05, 0) is 46.8 Å². The molecule has 15 heavy (non-hydrogen) atoms. The Morgan fingerprint density at radius 1 is 1.27 bits per heavy atom. The molecule has 0 saturated carbocycles. The molecule has 0 fully saturated rings. The second kappa shape index (κ2) is 6.33. The van der Waals surface area contributed by atoms with Crippen LogP contribution in [-0.4, -0.2) is 0 Å². The third kappa shape index (κ3) is 3.65. The van der Waals surface area contributed by atoms with E-state index in [2.05, 4.69) is 29.8 Å². The Kier molecular flexibility index (Phi) is 5.40. The van der Waals surface area contributed by atoms with Crippen molar-refractivity contribution in [3.63, 3.8) is 0 Å². The predicted molar refractivity (Wildman–Crippen MR) is 66.6 cm³/mol. The van der Waals surface area contributed by atoms with Gasteiger partial charge in [0.1, 0.15) is 5.76 Å². The van der Waals surface area contributed by atoms with Gasteiger partial charge in [0.05, 0.1) is 6.04 Å². The molecule has 1 aromatic rings. The topological polar surface area (TPSA) is 39.2 Å². The van der Waals surface area contributed by atoms with Crippen LogP contribution in [0.5, 0.6) is 0 Å². The van der Waals surface area contributed by atoms with E-state index in [1.54, 1.807) is 0 Å². The zero-order chi connectivity index (χ0) is 11.3.